The van der Waals surface area contributed by atoms with Gasteiger partial charge in [-0.25, -0.2) is 4.39 Å². The Morgan fingerprint density at radius 2 is 1.96 bits per heavy atom. The van der Waals surface area contributed by atoms with Gasteiger partial charge in [0.2, 0.25) is 5.79 Å². The molecule has 1 N–H and O–H groups in total. The van der Waals surface area contributed by atoms with E-state index in [1.807, 2.05) is 19.1 Å². The van der Waals surface area contributed by atoms with Gasteiger partial charge in [-0.2, -0.15) is 0 Å². The van der Waals surface area contributed by atoms with Crippen molar-refractivity contribution < 1.29 is 19.0 Å². The topological polar surface area (TPSA) is 53.0 Å². The van der Waals surface area contributed by atoms with Gasteiger partial charge >= 0.3 is 0 Å². The fourth-order valence-electron chi connectivity index (χ4n) is 3.89. The normalized spacial score (nSPS) is 27.0. The molecule has 0 aliphatic carbocycles. The quantitative estimate of drug-likeness (QED) is 0.900. The third-order valence-electron chi connectivity index (χ3n) is 5.38. The monoisotopic (exact) mass is 350 g/mol. The van der Waals surface area contributed by atoms with Crippen molar-refractivity contribution in [2.45, 2.75) is 44.5 Å². The van der Waals surface area contributed by atoms with Crippen LogP contribution in [0.5, 0.6) is 0 Å². The summed E-state index contributed by atoms with van der Waals surface area (Å²) in [6.45, 7) is 6.87. The van der Waals surface area contributed by atoms with Crippen molar-refractivity contribution in [1.82, 2.24) is 9.80 Å². The van der Waals surface area contributed by atoms with Gasteiger partial charge in [0.15, 0.2) is 0 Å². The summed E-state index contributed by atoms with van der Waals surface area (Å²) in [5, 5.41) is 10.3. The maximum atomic E-state index is 13.7. The van der Waals surface area contributed by atoms with Crippen LogP contribution < -0.4 is 0 Å². The Balaban J connectivity index is 1.58. The highest BCUT2D eigenvalue weighted by Crippen LogP contribution is 2.36. The summed E-state index contributed by atoms with van der Waals surface area (Å²) in [5.41, 5.74) is 0.254. The van der Waals surface area contributed by atoms with Crippen molar-refractivity contribution in [1.29, 1.82) is 0 Å². The van der Waals surface area contributed by atoms with Gasteiger partial charge in [-0.05, 0) is 44.7 Å². The number of hydrogen-bond donors (Lipinski definition) is 1. The van der Waals surface area contributed by atoms with E-state index in [4.69, 9.17) is 4.74 Å². The second-order valence-electron chi connectivity index (χ2n) is 7.27. The fourth-order valence-corrected chi connectivity index (χ4v) is 3.89. The lowest BCUT2D eigenvalue weighted by atomic mass is 9.87. The molecule has 138 valence electrons. The second-order valence-corrected chi connectivity index (χ2v) is 7.27. The SMILES string of the molecule is CCN1CC2(CCN(CCc3ccccc3F)CC2)OC(C)(O)C1=O. The first-order chi connectivity index (χ1) is 11.9. The highest BCUT2D eigenvalue weighted by Gasteiger charge is 2.51. The zero-order valence-electron chi connectivity index (χ0n) is 15.0. The summed E-state index contributed by atoms with van der Waals surface area (Å²) < 4.78 is 19.6. The second kappa shape index (κ2) is 7.02. The minimum absolute atomic E-state index is 0.153. The molecule has 0 aromatic heterocycles. The summed E-state index contributed by atoms with van der Waals surface area (Å²) >= 11 is 0. The van der Waals surface area contributed by atoms with Crippen LogP contribution in [-0.4, -0.2) is 64.9 Å². The number of ether oxygens (including phenoxy) is 1. The number of benzene rings is 1. The molecular formula is C19H27FN2O3. The first kappa shape index (κ1) is 18.3. The number of carbonyl (C=O) groups is 1. The van der Waals surface area contributed by atoms with Crippen molar-refractivity contribution in [2.24, 2.45) is 0 Å². The molecule has 1 aromatic carbocycles. The Morgan fingerprint density at radius 3 is 2.60 bits per heavy atom. The molecule has 1 amide bonds. The summed E-state index contributed by atoms with van der Waals surface area (Å²) in [6, 6.07) is 6.89. The number of likely N-dealkylation sites (N-methyl/N-ethyl adjacent to an activating group) is 1. The molecule has 2 aliphatic rings. The number of aliphatic hydroxyl groups is 1. The molecule has 1 spiro atoms. The molecule has 25 heavy (non-hydrogen) atoms. The minimum Gasteiger partial charge on any atom is -0.358 e. The highest BCUT2D eigenvalue weighted by molar-refractivity contribution is 5.83. The van der Waals surface area contributed by atoms with Gasteiger partial charge in [0.05, 0.1) is 12.1 Å². The highest BCUT2D eigenvalue weighted by atomic mass is 19.1. The molecule has 2 heterocycles. The van der Waals surface area contributed by atoms with Gasteiger partial charge < -0.3 is 19.6 Å². The number of carbonyl (C=O) groups excluding carboxylic acids is 1. The minimum atomic E-state index is -1.75. The lowest BCUT2D eigenvalue weighted by Gasteiger charge is -2.51. The molecule has 2 fully saturated rings. The molecule has 2 aliphatic heterocycles. The van der Waals surface area contributed by atoms with Crippen LogP contribution in [0.15, 0.2) is 24.3 Å². The van der Waals surface area contributed by atoms with Crippen molar-refractivity contribution >= 4 is 5.91 Å². The van der Waals surface area contributed by atoms with E-state index in [2.05, 4.69) is 4.90 Å². The summed E-state index contributed by atoms with van der Waals surface area (Å²) in [4.78, 5) is 16.1. The number of amides is 1. The predicted octanol–water partition coefficient (Wildman–Crippen LogP) is 1.79. The number of morpholine rings is 1. The third kappa shape index (κ3) is 3.86. The van der Waals surface area contributed by atoms with Crippen LogP contribution in [0.25, 0.3) is 0 Å². The predicted molar refractivity (Wildman–Crippen MR) is 92.5 cm³/mol. The average molecular weight is 350 g/mol. The molecule has 1 aromatic rings. The zero-order valence-corrected chi connectivity index (χ0v) is 15.0. The lowest BCUT2D eigenvalue weighted by Crippen LogP contribution is -2.66. The smallest absolute Gasteiger partial charge is 0.282 e. The largest absolute Gasteiger partial charge is 0.358 e. The van der Waals surface area contributed by atoms with E-state index in [1.54, 1.807) is 11.0 Å². The maximum Gasteiger partial charge on any atom is 0.282 e. The molecular weight excluding hydrogens is 323 g/mol. The van der Waals surface area contributed by atoms with Crippen molar-refractivity contribution in [3.63, 3.8) is 0 Å². The molecule has 0 saturated carbocycles. The first-order valence-corrected chi connectivity index (χ1v) is 9.03. The summed E-state index contributed by atoms with van der Waals surface area (Å²) in [5.74, 6) is -2.26. The van der Waals surface area contributed by atoms with Gasteiger partial charge in [-0.1, -0.05) is 18.2 Å². The van der Waals surface area contributed by atoms with E-state index >= 15 is 0 Å². The van der Waals surface area contributed by atoms with Gasteiger partial charge in [-0.15, -0.1) is 0 Å². The molecule has 6 heteroatoms. The van der Waals surface area contributed by atoms with E-state index in [-0.39, 0.29) is 11.7 Å². The number of likely N-dealkylation sites (tertiary alicyclic amines) is 1. The molecule has 2 saturated heterocycles. The Morgan fingerprint density at radius 1 is 1.28 bits per heavy atom. The van der Waals surface area contributed by atoms with Crippen molar-refractivity contribution in [3.8, 4) is 0 Å². The maximum absolute atomic E-state index is 13.7. The van der Waals surface area contributed by atoms with Gasteiger partial charge in [-0.3, -0.25) is 4.79 Å². The number of rotatable bonds is 4. The molecule has 1 atom stereocenters. The lowest BCUT2D eigenvalue weighted by molar-refractivity contribution is -0.284. The van der Waals surface area contributed by atoms with Crippen LogP contribution in [0, 0.1) is 5.82 Å². The van der Waals surface area contributed by atoms with Crippen LogP contribution in [-0.2, 0) is 16.0 Å². The van der Waals surface area contributed by atoms with Crippen LogP contribution >= 0.6 is 0 Å². The number of nitrogens with zero attached hydrogens (tertiary/aromatic N) is 2. The van der Waals surface area contributed by atoms with Crippen molar-refractivity contribution in [3.05, 3.63) is 35.6 Å². The third-order valence-corrected chi connectivity index (χ3v) is 5.38. The van der Waals surface area contributed by atoms with E-state index in [1.165, 1.54) is 13.0 Å². The van der Waals surface area contributed by atoms with Crippen molar-refractivity contribution in [2.75, 3.05) is 32.7 Å². The summed E-state index contributed by atoms with van der Waals surface area (Å²) in [6.07, 6.45) is 2.19. The van der Waals surface area contributed by atoms with E-state index in [0.717, 1.165) is 38.0 Å². The fraction of sp³-hybridized carbons (Fsp3) is 0.632. The number of piperidine rings is 1. The molecule has 0 bridgehead atoms. The molecule has 1 unspecified atom stereocenters. The Bertz CT molecular complexity index is 627. The zero-order chi connectivity index (χ0) is 18.1. The van der Waals surface area contributed by atoms with Gasteiger partial charge in [0, 0.05) is 26.2 Å². The van der Waals surface area contributed by atoms with E-state index in [0.29, 0.717) is 19.5 Å². The number of halogens is 1. The van der Waals surface area contributed by atoms with E-state index in [9.17, 15) is 14.3 Å². The van der Waals surface area contributed by atoms with Crippen LogP contribution in [0.1, 0.15) is 32.3 Å². The standard InChI is InChI=1S/C19H27FN2O3/c1-3-22-14-19(25-18(2,24)17(22)23)9-12-21(13-10-19)11-8-15-6-4-5-7-16(15)20/h4-7,24H,3,8-14H2,1-2H3. The summed E-state index contributed by atoms with van der Waals surface area (Å²) in [7, 11) is 0. The molecule has 5 nitrogen and oxygen atoms in total. The Kier molecular flexibility index (Phi) is 5.14. The Labute approximate surface area is 148 Å². The van der Waals surface area contributed by atoms with E-state index < -0.39 is 11.4 Å². The molecule has 3 rings (SSSR count). The van der Waals surface area contributed by atoms with Gasteiger partial charge in [0.25, 0.3) is 5.91 Å². The average Bonchev–Trinajstić information content (AvgIpc) is 2.59. The number of hydrogen-bond acceptors (Lipinski definition) is 4. The molecule has 0 radical (unpaired) electrons. The van der Waals surface area contributed by atoms with Crippen LogP contribution in [0.2, 0.25) is 0 Å². The van der Waals surface area contributed by atoms with Gasteiger partial charge in [0.1, 0.15) is 5.82 Å². The first-order valence-electron chi connectivity index (χ1n) is 9.03. The van der Waals surface area contributed by atoms with Crippen LogP contribution in [0.4, 0.5) is 4.39 Å². The van der Waals surface area contributed by atoms with Crippen LogP contribution in [0.3, 0.4) is 0 Å². The Hall–Kier alpha value is -1.50.